The number of halogens is 1. The maximum absolute atomic E-state index is 12.7. The molecule has 1 aromatic heterocycles. The molecule has 1 heterocycles. The first-order valence-electron chi connectivity index (χ1n) is 5.30. The Morgan fingerprint density at radius 1 is 1.39 bits per heavy atom. The minimum atomic E-state index is -0.251. The molecule has 18 heavy (non-hydrogen) atoms. The highest BCUT2D eigenvalue weighted by Crippen LogP contribution is 2.05. The normalized spacial score (nSPS) is 10.1. The largest absolute Gasteiger partial charge is 0.365 e. The molecular formula is C11H12FN5S. The van der Waals surface area contributed by atoms with E-state index in [1.165, 1.54) is 12.1 Å². The van der Waals surface area contributed by atoms with E-state index in [1.807, 2.05) is 0 Å². The van der Waals surface area contributed by atoms with Crippen LogP contribution in [0.1, 0.15) is 5.56 Å². The SMILES string of the molecule is CNC(=S)Nc1ncn(Cc2ccc(F)cc2)n1. The maximum Gasteiger partial charge on any atom is 0.248 e. The minimum Gasteiger partial charge on any atom is -0.365 e. The van der Waals surface area contributed by atoms with Gasteiger partial charge in [-0.05, 0) is 29.9 Å². The van der Waals surface area contributed by atoms with Crippen LogP contribution in [-0.4, -0.2) is 26.9 Å². The average Bonchev–Trinajstić information content (AvgIpc) is 2.79. The Kier molecular flexibility index (Phi) is 3.83. The van der Waals surface area contributed by atoms with Gasteiger partial charge in [0, 0.05) is 7.05 Å². The molecule has 0 fully saturated rings. The summed E-state index contributed by atoms with van der Waals surface area (Å²) < 4.78 is 14.4. The minimum absolute atomic E-state index is 0.251. The number of anilines is 1. The number of nitrogens with zero attached hydrogens (tertiary/aromatic N) is 3. The summed E-state index contributed by atoms with van der Waals surface area (Å²) in [5.41, 5.74) is 0.948. The smallest absolute Gasteiger partial charge is 0.248 e. The van der Waals surface area contributed by atoms with E-state index < -0.39 is 0 Å². The number of aromatic nitrogens is 3. The van der Waals surface area contributed by atoms with Gasteiger partial charge in [0.15, 0.2) is 5.11 Å². The maximum atomic E-state index is 12.7. The summed E-state index contributed by atoms with van der Waals surface area (Å²) in [7, 11) is 1.71. The Labute approximate surface area is 109 Å². The van der Waals surface area contributed by atoms with Crippen molar-refractivity contribution in [3.63, 3.8) is 0 Å². The molecule has 2 aromatic rings. The van der Waals surface area contributed by atoms with Crippen LogP contribution in [0.25, 0.3) is 0 Å². The van der Waals surface area contributed by atoms with Crippen LogP contribution in [0.5, 0.6) is 0 Å². The summed E-state index contributed by atoms with van der Waals surface area (Å²) >= 11 is 4.94. The van der Waals surface area contributed by atoms with Crippen LogP contribution in [0.4, 0.5) is 10.3 Å². The van der Waals surface area contributed by atoms with Crippen molar-refractivity contribution < 1.29 is 4.39 Å². The lowest BCUT2D eigenvalue weighted by Gasteiger charge is -2.02. The van der Waals surface area contributed by atoms with E-state index in [4.69, 9.17) is 12.2 Å². The molecule has 2 N–H and O–H groups in total. The van der Waals surface area contributed by atoms with Crippen LogP contribution in [0.15, 0.2) is 30.6 Å². The molecule has 2 rings (SSSR count). The third-order valence-electron chi connectivity index (χ3n) is 2.25. The van der Waals surface area contributed by atoms with Gasteiger partial charge in [-0.25, -0.2) is 14.1 Å². The predicted octanol–water partition coefficient (Wildman–Crippen LogP) is 1.38. The summed E-state index contributed by atoms with van der Waals surface area (Å²) in [4.78, 5) is 4.06. The van der Waals surface area contributed by atoms with Crippen molar-refractivity contribution in [3.05, 3.63) is 42.0 Å². The molecule has 0 atom stereocenters. The van der Waals surface area contributed by atoms with Crippen molar-refractivity contribution in [3.8, 4) is 0 Å². The quantitative estimate of drug-likeness (QED) is 0.821. The Morgan fingerprint density at radius 2 is 2.11 bits per heavy atom. The second-order valence-corrected chi connectivity index (χ2v) is 4.00. The van der Waals surface area contributed by atoms with Crippen molar-refractivity contribution >= 4 is 23.3 Å². The third-order valence-corrected chi connectivity index (χ3v) is 2.55. The van der Waals surface area contributed by atoms with E-state index in [0.717, 1.165) is 5.56 Å². The lowest BCUT2D eigenvalue weighted by molar-refractivity contribution is 0.624. The highest BCUT2D eigenvalue weighted by Gasteiger charge is 2.02. The standard InChI is InChI=1S/C11H12FN5S/c1-13-11(18)15-10-14-7-17(16-10)6-8-2-4-9(12)5-3-8/h2-5,7H,6H2,1H3,(H2,13,15,16,18). The van der Waals surface area contributed by atoms with Crippen LogP contribution in [-0.2, 0) is 6.54 Å². The van der Waals surface area contributed by atoms with E-state index in [0.29, 0.717) is 17.6 Å². The van der Waals surface area contributed by atoms with E-state index in [-0.39, 0.29) is 5.82 Å². The van der Waals surface area contributed by atoms with Gasteiger partial charge in [0.25, 0.3) is 0 Å². The molecule has 0 aliphatic rings. The highest BCUT2D eigenvalue weighted by molar-refractivity contribution is 7.80. The van der Waals surface area contributed by atoms with Crippen LogP contribution in [0.3, 0.4) is 0 Å². The van der Waals surface area contributed by atoms with Crippen LogP contribution in [0, 0.1) is 5.82 Å². The molecule has 1 aromatic carbocycles. The van der Waals surface area contributed by atoms with Gasteiger partial charge < -0.3 is 5.32 Å². The first-order valence-corrected chi connectivity index (χ1v) is 5.71. The fourth-order valence-corrected chi connectivity index (χ4v) is 1.46. The molecular weight excluding hydrogens is 253 g/mol. The predicted molar refractivity (Wildman–Crippen MR) is 70.8 cm³/mol. The number of nitrogens with one attached hydrogen (secondary N) is 2. The highest BCUT2D eigenvalue weighted by atomic mass is 32.1. The summed E-state index contributed by atoms with van der Waals surface area (Å²) in [6.45, 7) is 0.529. The molecule has 0 bridgehead atoms. The van der Waals surface area contributed by atoms with Gasteiger partial charge in [-0.3, -0.25) is 5.32 Å². The number of thiocarbonyl (C=S) groups is 1. The summed E-state index contributed by atoms with van der Waals surface area (Å²) in [6.07, 6.45) is 1.59. The van der Waals surface area contributed by atoms with Crippen LogP contribution >= 0.6 is 12.2 Å². The summed E-state index contributed by atoms with van der Waals surface area (Å²) in [6, 6.07) is 6.26. The Hall–Kier alpha value is -2.02. The number of rotatable bonds is 3. The lowest BCUT2D eigenvalue weighted by atomic mass is 10.2. The number of hydrogen-bond donors (Lipinski definition) is 2. The zero-order valence-corrected chi connectivity index (χ0v) is 10.5. The van der Waals surface area contributed by atoms with Gasteiger partial charge >= 0.3 is 0 Å². The van der Waals surface area contributed by atoms with E-state index in [1.54, 1.807) is 30.2 Å². The van der Waals surface area contributed by atoms with Gasteiger partial charge in [-0.2, -0.15) is 0 Å². The first kappa shape index (κ1) is 12.4. The third kappa shape index (κ3) is 3.24. The molecule has 0 unspecified atom stereocenters. The Morgan fingerprint density at radius 3 is 2.78 bits per heavy atom. The van der Waals surface area contributed by atoms with Gasteiger partial charge in [0.05, 0.1) is 6.54 Å². The van der Waals surface area contributed by atoms with Gasteiger partial charge in [-0.15, -0.1) is 5.10 Å². The van der Waals surface area contributed by atoms with Crippen molar-refractivity contribution in [1.29, 1.82) is 0 Å². The van der Waals surface area contributed by atoms with Gasteiger partial charge in [0.2, 0.25) is 5.95 Å². The summed E-state index contributed by atoms with van der Waals surface area (Å²) in [5.74, 6) is 0.176. The monoisotopic (exact) mass is 265 g/mol. The second kappa shape index (κ2) is 5.54. The molecule has 0 aliphatic heterocycles. The van der Waals surface area contributed by atoms with Gasteiger partial charge in [0.1, 0.15) is 12.1 Å². The van der Waals surface area contributed by atoms with E-state index in [2.05, 4.69) is 20.7 Å². The summed E-state index contributed by atoms with van der Waals surface area (Å²) in [5, 5.41) is 10.2. The molecule has 0 saturated heterocycles. The number of hydrogen-bond acceptors (Lipinski definition) is 3. The molecule has 0 saturated carbocycles. The van der Waals surface area contributed by atoms with Crippen LogP contribution < -0.4 is 10.6 Å². The van der Waals surface area contributed by atoms with E-state index in [9.17, 15) is 4.39 Å². The molecule has 94 valence electrons. The first-order chi connectivity index (χ1) is 8.67. The fraction of sp³-hybridized carbons (Fsp3) is 0.182. The van der Waals surface area contributed by atoms with E-state index >= 15 is 0 Å². The lowest BCUT2D eigenvalue weighted by Crippen LogP contribution is -2.24. The molecule has 0 aliphatic carbocycles. The average molecular weight is 265 g/mol. The van der Waals surface area contributed by atoms with Crippen LogP contribution in [0.2, 0.25) is 0 Å². The van der Waals surface area contributed by atoms with Crippen molar-refractivity contribution in [1.82, 2.24) is 20.1 Å². The van der Waals surface area contributed by atoms with Crippen molar-refractivity contribution in [2.24, 2.45) is 0 Å². The zero-order chi connectivity index (χ0) is 13.0. The topological polar surface area (TPSA) is 54.8 Å². The second-order valence-electron chi connectivity index (χ2n) is 3.60. The molecule has 0 amide bonds. The Balaban J connectivity index is 2.02. The molecule has 0 radical (unpaired) electrons. The van der Waals surface area contributed by atoms with Crippen molar-refractivity contribution in [2.45, 2.75) is 6.54 Å². The van der Waals surface area contributed by atoms with Gasteiger partial charge in [-0.1, -0.05) is 12.1 Å². The zero-order valence-electron chi connectivity index (χ0n) is 9.72. The fourth-order valence-electron chi connectivity index (χ4n) is 1.37. The molecule has 7 heteroatoms. The molecule has 5 nitrogen and oxygen atoms in total. The molecule has 0 spiro atoms. The van der Waals surface area contributed by atoms with Crippen molar-refractivity contribution in [2.75, 3.05) is 12.4 Å². The Bertz CT molecular complexity index is 537. The number of benzene rings is 1.